The van der Waals surface area contributed by atoms with Gasteiger partial charge in [-0.1, -0.05) is 6.92 Å². The molecule has 0 radical (unpaired) electrons. The van der Waals surface area contributed by atoms with Crippen molar-refractivity contribution in [1.29, 1.82) is 0 Å². The van der Waals surface area contributed by atoms with E-state index in [2.05, 4.69) is 5.32 Å². The van der Waals surface area contributed by atoms with Crippen LogP contribution in [0.1, 0.15) is 26.2 Å². The summed E-state index contributed by atoms with van der Waals surface area (Å²) < 4.78 is 25.2. The van der Waals surface area contributed by atoms with Crippen LogP contribution in [0.5, 0.6) is 0 Å². The summed E-state index contributed by atoms with van der Waals surface area (Å²) in [5.74, 6) is -2.41. The molecule has 0 aliphatic carbocycles. The van der Waals surface area contributed by atoms with E-state index in [-0.39, 0.29) is 18.9 Å². The van der Waals surface area contributed by atoms with Crippen LogP contribution in [-0.2, 0) is 0 Å². The molecule has 1 atom stereocenters. The van der Waals surface area contributed by atoms with Crippen molar-refractivity contribution in [2.45, 2.75) is 38.2 Å². The minimum atomic E-state index is -2.41. The molecule has 1 unspecified atom stereocenters. The van der Waals surface area contributed by atoms with E-state index >= 15 is 0 Å². The van der Waals surface area contributed by atoms with Crippen molar-refractivity contribution in [2.75, 3.05) is 6.54 Å². The third kappa shape index (κ3) is 1.90. The minimum absolute atomic E-state index is 0.00347. The molecule has 3 heteroatoms. The van der Waals surface area contributed by atoms with E-state index in [1.54, 1.807) is 0 Å². The zero-order valence-electron chi connectivity index (χ0n) is 6.16. The van der Waals surface area contributed by atoms with Crippen LogP contribution in [0.3, 0.4) is 0 Å². The zero-order chi connectivity index (χ0) is 7.61. The maximum atomic E-state index is 12.6. The first kappa shape index (κ1) is 7.92. The molecule has 0 saturated carbocycles. The molecule has 1 aliphatic heterocycles. The number of nitrogens with one attached hydrogen (secondary N) is 1. The molecule has 0 aromatic heterocycles. The number of rotatable bonds is 1. The number of alkyl halides is 2. The average molecular weight is 149 g/mol. The molecule has 1 N–H and O–H groups in total. The fourth-order valence-corrected chi connectivity index (χ4v) is 1.28. The van der Waals surface area contributed by atoms with Gasteiger partial charge in [-0.3, -0.25) is 0 Å². The second-order valence-corrected chi connectivity index (χ2v) is 2.87. The molecule has 0 amide bonds. The second-order valence-electron chi connectivity index (χ2n) is 2.87. The molecule has 60 valence electrons. The molecular weight excluding hydrogens is 136 g/mol. The molecule has 10 heavy (non-hydrogen) atoms. The highest BCUT2D eigenvalue weighted by Crippen LogP contribution is 2.28. The summed E-state index contributed by atoms with van der Waals surface area (Å²) in [5.41, 5.74) is 0. The maximum absolute atomic E-state index is 12.6. The Labute approximate surface area is 59.8 Å². The van der Waals surface area contributed by atoms with E-state index < -0.39 is 5.92 Å². The van der Waals surface area contributed by atoms with Crippen LogP contribution in [0.15, 0.2) is 0 Å². The predicted octanol–water partition coefficient (Wildman–Crippen LogP) is 1.78. The van der Waals surface area contributed by atoms with Gasteiger partial charge in [0.2, 0.25) is 0 Å². The summed E-state index contributed by atoms with van der Waals surface area (Å²) >= 11 is 0. The van der Waals surface area contributed by atoms with Crippen molar-refractivity contribution in [2.24, 2.45) is 0 Å². The van der Waals surface area contributed by atoms with E-state index in [1.165, 1.54) is 0 Å². The first-order chi connectivity index (χ1) is 4.64. The molecule has 1 aliphatic rings. The van der Waals surface area contributed by atoms with Crippen molar-refractivity contribution in [3.63, 3.8) is 0 Å². The van der Waals surface area contributed by atoms with E-state index in [4.69, 9.17) is 0 Å². The highest BCUT2D eigenvalue weighted by molar-refractivity contribution is 4.81. The van der Waals surface area contributed by atoms with Crippen molar-refractivity contribution in [3.05, 3.63) is 0 Å². The highest BCUT2D eigenvalue weighted by Gasteiger charge is 2.34. The van der Waals surface area contributed by atoms with Gasteiger partial charge in [0.25, 0.3) is 5.92 Å². The van der Waals surface area contributed by atoms with Gasteiger partial charge in [0.15, 0.2) is 0 Å². The Kier molecular flexibility index (Phi) is 2.24. The van der Waals surface area contributed by atoms with Gasteiger partial charge in [-0.05, 0) is 6.42 Å². The Hall–Kier alpha value is -0.180. The van der Waals surface area contributed by atoms with Gasteiger partial charge in [-0.15, -0.1) is 0 Å². The van der Waals surface area contributed by atoms with Gasteiger partial charge in [-0.2, -0.15) is 0 Å². The Morgan fingerprint density at radius 3 is 2.70 bits per heavy atom. The van der Waals surface area contributed by atoms with Gasteiger partial charge >= 0.3 is 0 Å². The molecule has 1 fully saturated rings. The fraction of sp³-hybridized carbons (Fsp3) is 1.00. The molecule has 1 nitrogen and oxygen atoms in total. The van der Waals surface area contributed by atoms with E-state index in [0.717, 1.165) is 6.42 Å². The molecule has 1 saturated heterocycles. The Balaban J connectivity index is 2.40. The van der Waals surface area contributed by atoms with Gasteiger partial charge in [0.05, 0.1) is 0 Å². The summed E-state index contributed by atoms with van der Waals surface area (Å²) in [4.78, 5) is 0. The van der Waals surface area contributed by atoms with Crippen LogP contribution < -0.4 is 5.32 Å². The van der Waals surface area contributed by atoms with Gasteiger partial charge in [0, 0.05) is 25.4 Å². The minimum Gasteiger partial charge on any atom is -0.314 e. The van der Waals surface area contributed by atoms with Crippen LogP contribution in [-0.4, -0.2) is 18.5 Å². The van der Waals surface area contributed by atoms with Crippen molar-refractivity contribution >= 4 is 0 Å². The number of hydrogen-bond acceptors (Lipinski definition) is 1. The molecule has 0 aromatic carbocycles. The molecule has 1 rings (SSSR count). The van der Waals surface area contributed by atoms with Crippen molar-refractivity contribution < 1.29 is 8.78 Å². The molecule has 1 heterocycles. The number of piperidine rings is 1. The van der Waals surface area contributed by atoms with Crippen LogP contribution in [0.2, 0.25) is 0 Å². The monoisotopic (exact) mass is 149 g/mol. The smallest absolute Gasteiger partial charge is 0.250 e. The van der Waals surface area contributed by atoms with E-state index in [9.17, 15) is 8.78 Å². The van der Waals surface area contributed by atoms with Crippen LogP contribution in [0.4, 0.5) is 8.78 Å². The van der Waals surface area contributed by atoms with Gasteiger partial charge in [0.1, 0.15) is 0 Å². The Morgan fingerprint density at radius 2 is 2.30 bits per heavy atom. The fourth-order valence-electron chi connectivity index (χ4n) is 1.28. The zero-order valence-corrected chi connectivity index (χ0v) is 6.16. The lowest BCUT2D eigenvalue weighted by molar-refractivity contribution is -0.0413. The van der Waals surface area contributed by atoms with Gasteiger partial charge in [-0.25, -0.2) is 8.78 Å². The number of hydrogen-bond donors (Lipinski definition) is 1. The standard InChI is InChI=1S/C7H13F2N/c1-2-6-5-7(8,9)3-4-10-6/h6,10H,2-5H2,1H3. The van der Waals surface area contributed by atoms with Crippen LogP contribution >= 0.6 is 0 Å². The molecule has 0 aromatic rings. The lowest BCUT2D eigenvalue weighted by atomic mass is 9.99. The summed E-state index contributed by atoms with van der Waals surface area (Å²) in [6.45, 7) is 2.39. The quantitative estimate of drug-likeness (QED) is 0.599. The average Bonchev–Trinajstić information content (AvgIpc) is 1.86. The summed E-state index contributed by atoms with van der Waals surface area (Å²) in [5, 5.41) is 3.04. The highest BCUT2D eigenvalue weighted by atomic mass is 19.3. The summed E-state index contributed by atoms with van der Waals surface area (Å²) in [6, 6.07) is 0.0312. The Bertz CT molecular complexity index is 114. The van der Waals surface area contributed by atoms with E-state index in [1.807, 2.05) is 6.92 Å². The third-order valence-corrected chi connectivity index (χ3v) is 1.96. The van der Waals surface area contributed by atoms with Crippen molar-refractivity contribution in [3.8, 4) is 0 Å². The topological polar surface area (TPSA) is 12.0 Å². The first-order valence-electron chi connectivity index (χ1n) is 3.75. The molecular formula is C7H13F2N. The largest absolute Gasteiger partial charge is 0.314 e. The molecule has 0 bridgehead atoms. The maximum Gasteiger partial charge on any atom is 0.250 e. The Morgan fingerprint density at radius 1 is 1.60 bits per heavy atom. The second kappa shape index (κ2) is 2.82. The SMILES string of the molecule is CCC1CC(F)(F)CCN1. The summed E-state index contributed by atoms with van der Waals surface area (Å²) in [6.07, 6.45) is 0.822. The van der Waals surface area contributed by atoms with E-state index in [0.29, 0.717) is 6.54 Å². The summed E-state index contributed by atoms with van der Waals surface area (Å²) in [7, 11) is 0. The lowest BCUT2D eigenvalue weighted by Gasteiger charge is -2.29. The predicted molar refractivity (Wildman–Crippen MR) is 36.3 cm³/mol. The lowest BCUT2D eigenvalue weighted by Crippen LogP contribution is -2.43. The van der Waals surface area contributed by atoms with Crippen molar-refractivity contribution in [1.82, 2.24) is 5.32 Å². The third-order valence-electron chi connectivity index (χ3n) is 1.96. The first-order valence-corrected chi connectivity index (χ1v) is 3.75. The van der Waals surface area contributed by atoms with Gasteiger partial charge < -0.3 is 5.32 Å². The van der Waals surface area contributed by atoms with Crippen LogP contribution in [0.25, 0.3) is 0 Å². The molecule has 0 spiro atoms. The van der Waals surface area contributed by atoms with Crippen LogP contribution in [0, 0.1) is 0 Å². The number of halogens is 2. The normalized spacial score (nSPS) is 32.1.